The summed E-state index contributed by atoms with van der Waals surface area (Å²) >= 11 is -2.09. The Morgan fingerprint density at radius 1 is 1.06 bits per heavy atom. The van der Waals surface area contributed by atoms with Crippen LogP contribution < -0.4 is 9.31 Å². The summed E-state index contributed by atoms with van der Waals surface area (Å²) in [5.74, 6) is 0. The number of hydrogen-bond acceptors (Lipinski definition) is 1. The van der Waals surface area contributed by atoms with Crippen LogP contribution in [0.15, 0.2) is 24.3 Å². The van der Waals surface area contributed by atoms with Crippen LogP contribution in [0, 0.1) is 0 Å². The van der Waals surface area contributed by atoms with E-state index in [1.54, 1.807) is 3.58 Å². The van der Waals surface area contributed by atoms with Gasteiger partial charge in [0, 0.05) is 0 Å². The summed E-state index contributed by atoms with van der Waals surface area (Å²) in [4.78, 5) is 2.63. The fraction of sp³-hybridized carbons (Fsp3) is 0.625. The summed E-state index contributed by atoms with van der Waals surface area (Å²) in [6, 6.07) is 9.15. The van der Waals surface area contributed by atoms with Gasteiger partial charge in [-0.05, 0) is 0 Å². The van der Waals surface area contributed by atoms with Gasteiger partial charge in [-0.3, -0.25) is 0 Å². The zero-order valence-electron chi connectivity index (χ0n) is 12.3. The normalized spacial score (nSPS) is 11.8. The van der Waals surface area contributed by atoms with Gasteiger partial charge in [0.1, 0.15) is 0 Å². The Morgan fingerprint density at radius 3 is 2.17 bits per heavy atom. The molecule has 0 saturated carbocycles. The average Bonchev–Trinajstić information content (AvgIpc) is 2.43. The molecular formula is C16H29NSn. The second-order valence-corrected chi connectivity index (χ2v) is 19.1. The van der Waals surface area contributed by atoms with Crippen LogP contribution in [0.5, 0.6) is 0 Å². The van der Waals surface area contributed by atoms with E-state index in [0.717, 1.165) is 0 Å². The predicted molar refractivity (Wildman–Crippen MR) is 85.0 cm³/mol. The third-order valence-corrected chi connectivity index (χ3v) is 17.2. The van der Waals surface area contributed by atoms with Gasteiger partial charge in [0.25, 0.3) is 0 Å². The summed E-state index contributed by atoms with van der Waals surface area (Å²) in [6.07, 6.45) is 5.47. The van der Waals surface area contributed by atoms with Gasteiger partial charge in [-0.25, -0.2) is 0 Å². The second kappa shape index (κ2) is 8.21. The van der Waals surface area contributed by atoms with E-state index in [2.05, 4.69) is 43.1 Å². The topological polar surface area (TPSA) is 26.0 Å². The number of hydrogen-bond donors (Lipinski definition) is 1. The minimum absolute atomic E-state index is 0.678. The van der Waals surface area contributed by atoms with Crippen molar-refractivity contribution in [2.24, 2.45) is 5.73 Å². The SMILES string of the molecule is CCC[CH2][Sn]([CH3])([CH2]CCC)[c]1cccc(CN)c1. The van der Waals surface area contributed by atoms with Crippen LogP contribution in [-0.2, 0) is 6.54 Å². The molecule has 0 aliphatic heterocycles. The molecular weight excluding hydrogens is 325 g/mol. The zero-order chi connectivity index (χ0) is 13.4. The standard InChI is InChI=1S/C7H8N.2C4H9.CH3.Sn/c8-6-7-4-2-1-3-5-7;2*1-3-4-2;;/h1-2,4-5H,6,8H2;2*1,3-4H2,2H3;1H3;. The summed E-state index contributed by atoms with van der Waals surface area (Å²) < 4.78 is 4.69. The van der Waals surface area contributed by atoms with Crippen molar-refractivity contribution in [3.05, 3.63) is 29.8 Å². The van der Waals surface area contributed by atoms with Gasteiger partial charge in [-0.15, -0.1) is 0 Å². The molecule has 1 aromatic carbocycles. The molecule has 2 N–H and O–H groups in total. The van der Waals surface area contributed by atoms with Gasteiger partial charge < -0.3 is 0 Å². The molecule has 0 spiro atoms. The van der Waals surface area contributed by atoms with E-state index in [1.807, 2.05) is 0 Å². The Morgan fingerprint density at radius 2 is 1.67 bits per heavy atom. The first kappa shape index (κ1) is 16.0. The molecule has 0 aliphatic rings. The quantitative estimate of drug-likeness (QED) is 0.701. The van der Waals surface area contributed by atoms with Crippen LogP contribution in [0.1, 0.15) is 45.1 Å². The van der Waals surface area contributed by atoms with Gasteiger partial charge >= 0.3 is 117 Å². The van der Waals surface area contributed by atoms with Gasteiger partial charge in [0.15, 0.2) is 0 Å². The van der Waals surface area contributed by atoms with Crippen molar-refractivity contribution in [2.75, 3.05) is 0 Å². The minimum atomic E-state index is -2.09. The first-order valence-corrected chi connectivity index (χ1v) is 15.8. The van der Waals surface area contributed by atoms with Crippen molar-refractivity contribution in [3.8, 4) is 0 Å². The molecule has 0 heterocycles. The van der Waals surface area contributed by atoms with Crippen molar-refractivity contribution in [1.82, 2.24) is 0 Å². The molecule has 0 fully saturated rings. The van der Waals surface area contributed by atoms with Crippen LogP contribution in [0.2, 0.25) is 13.8 Å². The van der Waals surface area contributed by atoms with E-state index < -0.39 is 18.4 Å². The summed E-state index contributed by atoms with van der Waals surface area (Å²) in [5.41, 5.74) is 7.09. The Labute approximate surface area is 117 Å². The van der Waals surface area contributed by atoms with Gasteiger partial charge in [-0.1, -0.05) is 0 Å². The molecule has 1 rings (SSSR count). The van der Waals surface area contributed by atoms with E-state index in [0.29, 0.717) is 6.54 Å². The molecule has 102 valence electrons. The first-order valence-electron chi connectivity index (χ1n) is 7.45. The Hall–Kier alpha value is -0.0213. The van der Waals surface area contributed by atoms with Crippen LogP contribution in [0.25, 0.3) is 0 Å². The van der Waals surface area contributed by atoms with E-state index in [4.69, 9.17) is 5.73 Å². The molecule has 0 atom stereocenters. The van der Waals surface area contributed by atoms with Gasteiger partial charge in [0.05, 0.1) is 0 Å². The van der Waals surface area contributed by atoms with Gasteiger partial charge in [-0.2, -0.15) is 0 Å². The maximum atomic E-state index is 5.79. The molecule has 0 aliphatic carbocycles. The maximum absolute atomic E-state index is 5.79. The van der Waals surface area contributed by atoms with Crippen molar-refractivity contribution in [2.45, 2.75) is 59.9 Å². The number of nitrogens with two attached hydrogens (primary N) is 1. The Kier molecular flexibility index (Phi) is 7.31. The predicted octanol–water partition coefficient (Wildman–Crippen LogP) is 4.03. The van der Waals surface area contributed by atoms with E-state index in [9.17, 15) is 0 Å². The Balaban J connectivity index is 2.91. The van der Waals surface area contributed by atoms with Crippen LogP contribution >= 0.6 is 0 Å². The number of rotatable bonds is 8. The first-order chi connectivity index (χ1) is 8.66. The molecule has 0 bridgehead atoms. The van der Waals surface area contributed by atoms with Crippen LogP contribution in [-0.4, -0.2) is 18.4 Å². The molecule has 1 nitrogen and oxygen atoms in total. The molecule has 0 unspecified atom stereocenters. The van der Waals surface area contributed by atoms with Crippen LogP contribution in [0.4, 0.5) is 0 Å². The summed E-state index contributed by atoms with van der Waals surface area (Å²) in [6.45, 7) is 5.29. The van der Waals surface area contributed by atoms with E-state index in [1.165, 1.54) is 40.1 Å². The van der Waals surface area contributed by atoms with Crippen molar-refractivity contribution in [3.63, 3.8) is 0 Å². The fourth-order valence-electron chi connectivity index (χ4n) is 2.62. The monoisotopic (exact) mass is 355 g/mol. The number of unbranched alkanes of at least 4 members (excludes halogenated alkanes) is 2. The zero-order valence-corrected chi connectivity index (χ0v) is 15.2. The number of benzene rings is 1. The molecule has 1 aromatic rings. The third kappa shape index (κ3) is 4.58. The van der Waals surface area contributed by atoms with Crippen LogP contribution in [0.3, 0.4) is 0 Å². The molecule has 0 radical (unpaired) electrons. The van der Waals surface area contributed by atoms with Gasteiger partial charge in [0.2, 0.25) is 0 Å². The van der Waals surface area contributed by atoms with E-state index >= 15 is 0 Å². The second-order valence-electron chi connectivity index (χ2n) is 5.67. The Bertz CT molecular complexity index is 341. The van der Waals surface area contributed by atoms with Crippen molar-refractivity contribution < 1.29 is 0 Å². The van der Waals surface area contributed by atoms with Crippen molar-refractivity contribution in [1.29, 1.82) is 0 Å². The summed E-state index contributed by atoms with van der Waals surface area (Å²) in [7, 11) is 0. The fourth-order valence-corrected chi connectivity index (χ4v) is 14.4. The molecule has 0 saturated heterocycles. The molecule has 18 heavy (non-hydrogen) atoms. The average molecular weight is 354 g/mol. The third-order valence-electron chi connectivity index (χ3n) is 4.02. The summed E-state index contributed by atoms with van der Waals surface area (Å²) in [5, 5.41) is 0. The van der Waals surface area contributed by atoms with E-state index in [-0.39, 0.29) is 0 Å². The molecule has 2 heteroatoms. The molecule has 0 amide bonds. The molecule has 0 aromatic heterocycles. The van der Waals surface area contributed by atoms with Crippen molar-refractivity contribution >= 4 is 22.0 Å².